The zero-order valence-electron chi connectivity index (χ0n) is 7.27. The highest BCUT2D eigenvalue weighted by molar-refractivity contribution is 5.76. The van der Waals surface area contributed by atoms with E-state index in [1.54, 1.807) is 25.4 Å². The molecular formula is C8H11N3O2. The van der Waals surface area contributed by atoms with E-state index in [4.69, 9.17) is 5.11 Å². The monoisotopic (exact) mass is 181 g/mol. The van der Waals surface area contributed by atoms with Gasteiger partial charge in [0.05, 0.1) is 0 Å². The smallest absolute Gasteiger partial charge is 0.326 e. The second-order valence-corrected chi connectivity index (χ2v) is 2.52. The fourth-order valence-corrected chi connectivity index (χ4v) is 0.868. The summed E-state index contributed by atoms with van der Waals surface area (Å²) in [4.78, 5) is 18.3. The molecule has 1 aromatic rings. The molecule has 1 heterocycles. The highest BCUT2D eigenvalue weighted by Crippen LogP contribution is 2.01. The molecule has 0 bridgehead atoms. The van der Waals surface area contributed by atoms with Gasteiger partial charge in [-0.15, -0.1) is 0 Å². The Labute approximate surface area is 75.8 Å². The van der Waals surface area contributed by atoms with Gasteiger partial charge in [-0.05, 0) is 12.5 Å². The Hall–Kier alpha value is -1.65. The standard InChI is InChI=1S/C8H11N3O2/c1-2-6(7(12)13)11-8-9-4-3-5-10-8/h3-6H,2H2,1H3,(H,12,13)(H,9,10,11). The van der Waals surface area contributed by atoms with Crippen LogP contribution < -0.4 is 5.32 Å². The number of nitrogens with one attached hydrogen (secondary N) is 1. The quantitative estimate of drug-likeness (QED) is 0.717. The van der Waals surface area contributed by atoms with Gasteiger partial charge in [-0.25, -0.2) is 14.8 Å². The van der Waals surface area contributed by atoms with Crippen LogP contribution in [0.15, 0.2) is 18.5 Å². The summed E-state index contributed by atoms with van der Waals surface area (Å²) in [5, 5.41) is 11.4. The lowest BCUT2D eigenvalue weighted by Crippen LogP contribution is -2.29. The van der Waals surface area contributed by atoms with Gasteiger partial charge >= 0.3 is 5.97 Å². The van der Waals surface area contributed by atoms with Gasteiger partial charge in [0.1, 0.15) is 6.04 Å². The van der Waals surface area contributed by atoms with Gasteiger partial charge in [0.15, 0.2) is 0 Å². The second kappa shape index (κ2) is 4.39. The minimum Gasteiger partial charge on any atom is -0.480 e. The normalized spacial score (nSPS) is 12.1. The Morgan fingerprint density at radius 1 is 1.62 bits per heavy atom. The molecule has 0 aliphatic rings. The summed E-state index contributed by atoms with van der Waals surface area (Å²) < 4.78 is 0. The molecule has 0 saturated carbocycles. The van der Waals surface area contributed by atoms with Crippen LogP contribution in [-0.4, -0.2) is 27.1 Å². The van der Waals surface area contributed by atoms with Crippen molar-refractivity contribution in [2.45, 2.75) is 19.4 Å². The third-order valence-corrected chi connectivity index (χ3v) is 1.58. The summed E-state index contributed by atoms with van der Waals surface area (Å²) in [7, 11) is 0. The van der Waals surface area contributed by atoms with E-state index in [1.165, 1.54) is 0 Å². The first-order chi connectivity index (χ1) is 6.24. The number of carbonyl (C=O) groups is 1. The van der Waals surface area contributed by atoms with Gasteiger partial charge in [-0.3, -0.25) is 0 Å². The maximum Gasteiger partial charge on any atom is 0.326 e. The van der Waals surface area contributed by atoms with Crippen molar-refractivity contribution in [1.29, 1.82) is 0 Å². The molecule has 0 fully saturated rings. The molecule has 0 amide bonds. The predicted molar refractivity (Wildman–Crippen MR) is 47.4 cm³/mol. The number of rotatable bonds is 4. The van der Waals surface area contributed by atoms with Crippen molar-refractivity contribution in [2.75, 3.05) is 5.32 Å². The Bertz CT molecular complexity index is 276. The molecule has 5 nitrogen and oxygen atoms in total. The molecule has 0 aromatic carbocycles. The molecule has 0 aliphatic carbocycles. The summed E-state index contributed by atoms with van der Waals surface area (Å²) >= 11 is 0. The van der Waals surface area contributed by atoms with E-state index in [0.717, 1.165) is 0 Å². The van der Waals surface area contributed by atoms with Crippen molar-refractivity contribution in [3.8, 4) is 0 Å². The van der Waals surface area contributed by atoms with Crippen LogP contribution in [0.1, 0.15) is 13.3 Å². The summed E-state index contributed by atoms with van der Waals surface area (Å²) in [6.45, 7) is 1.79. The van der Waals surface area contributed by atoms with Crippen LogP contribution in [0.2, 0.25) is 0 Å². The number of carboxylic acid groups (broad SMARTS) is 1. The molecule has 0 radical (unpaired) electrons. The van der Waals surface area contributed by atoms with Crippen LogP contribution in [0.5, 0.6) is 0 Å². The van der Waals surface area contributed by atoms with Crippen LogP contribution in [0.25, 0.3) is 0 Å². The van der Waals surface area contributed by atoms with E-state index >= 15 is 0 Å². The molecule has 0 aliphatic heterocycles. The number of aliphatic carboxylic acids is 1. The van der Waals surface area contributed by atoms with E-state index in [2.05, 4.69) is 15.3 Å². The molecule has 1 rings (SSSR count). The minimum absolute atomic E-state index is 0.344. The lowest BCUT2D eigenvalue weighted by Gasteiger charge is -2.10. The van der Waals surface area contributed by atoms with Crippen molar-refractivity contribution in [3.63, 3.8) is 0 Å². The number of anilines is 1. The van der Waals surface area contributed by atoms with Gasteiger partial charge in [0.2, 0.25) is 5.95 Å². The SMILES string of the molecule is CCC(Nc1ncccn1)C(=O)O. The fraction of sp³-hybridized carbons (Fsp3) is 0.375. The molecule has 1 aromatic heterocycles. The molecule has 1 atom stereocenters. The highest BCUT2D eigenvalue weighted by atomic mass is 16.4. The third-order valence-electron chi connectivity index (χ3n) is 1.58. The van der Waals surface area contributed by atoms with E-state index in [9.17, 15) is 4.79 Å². The molecule has 0 saturated heterocycles. The average Bonchev–Trinajstić information content (AvgIpc) is 2.15. The van der Waals surface area contributed by atoms with E-state index in [0.29, 0.717) is 12.4 Å². The van der Waals surface area contributed by atoms with Crippen molar-refractivity contribution in [3.05, 3.63) is 18.5 Å². The molecule has 70 valence electrons. The van der Waals surface area contributed by atoms with Crippen molar-refractivity contribution in [1.82, 2.24) is 9.97 Å². The first-order valence-electron chi connectivity index (χ1n) is 4.00. The zero-order chi connectivity index (χ0) is 9.68. The molecule has 5 heteroatoms. The van der Waals surface area contributed by atoms with Crippen LogP contribution in [0.4, 0.5) is 5.95 Å². The lowest BCUT2D eigenvalue weighted by atomic mass is 10.2. The Kier molecular flexibility index (Phi) is 3.19. The topological polar surface area (TPSA) is 75.1 Å². The Balaban J connectivity index is 2.62. The largest absolute Gasteiger partial charge is 0.480 e. The maximum absolute atomic E-state index is 10.6. The zero-order valence-corrected chi connectivity index (χ0v) is 7.27. The van der Waals surface area contributed by atoms with Crippen LogP contribution >= 0.6 is 0 Å². The van der Waals surface area contributed by atoms with Crippen LogP contribution in [0, 0.1) is 0 Å². The van der Waals surface area contributed by atoms with Crippen LogP contribution in [-0.2, 0) is 4.79 Å². The minimum atomic E-state index is -0.894. The summed E-state index contributed by atoms with van der Waals surface area (Å²) in [6.07, 6.45) is 3.61. The Morgan fingerprint density at radius 3 is 2.69 bits per heavy atom. The van der Waals surface area contributed by atoms with E-state index in [1.807, 2.05) is 0 Å². The first kappa shape index (κ1) is 9.44. The molecule has 13 heavy (non-hydrogen) atoms. The molecule has 2 N–H and O–H groups in total. The maximum atomic E-state index is 10.6. The summed E-state index contributed by atoms with van der Waals surface area (Å²) in [5.74, 6) is -0.549. The molecule has 1 unspecified atom stereocenters. The van der Waals surface area contributed by atoms with Gasteiger partial charge in [0.25, 0.3) is 0 Å². The number of hydrogen-bond donors (Lipinski definition) is 2. The number of aromatic nitrogens is 2. The van der Waals surface area contributed by atoms with Crippen LogP contribution in [0.3, 0.4) is 0 Å². The number of nitrogens with zero attached hydrogens (tertiary/aromatic N) is 2. The van der Waals surface area contributed by atoms with Gasteiger partial charge in [-0.2, -0.15) is 0 Å². The van der Waals surface area contributed by atoms with Crippen molar-refractivity contribution < 1.29 is 9.90 Å². The molecular weight excluding hydrogens is 170 g/mol. The number of hydrogen-bond acceptors (Lipinski definition) is 4. The van der Waals surface area contributed by atoms with Gasteiger partial charge < -0.3 is 10.4 Å². The first-order valence-corrected chi connectivity index (χ1v) is 4.00. The van der Waals surface area contributed by atoms with Gasteiger partial charge in [-0.1, -0.05) is 6.92 Å². The predicted octanol–water partition coefficient (Wildman–Crippen LogP) is 0.752. The summed E-state index contributed by atoms with van der Waals surface area (Å²) in [5.41, 5.74) is 0. The molecule has 0 spiro atoms. The van der Waals surface area contributed by atoms with Crippen molar-refractivity contribution >= 4 is 11.9 Å². The van der Waals surface area contributed by atoms with Gasteiger partial charge in [0, 0.05) is 12.4 Å². The average molecular weight is 181 g/mol. The third kappa shape index (κ3) is 2.70. The van der Waals surface area contributed by atoms with Crippen molar-refractivity contribution in [2.24, 2.45) is 0 Å². The van der Waals surface area contributed by atoms with E-state index in [-0.39, 0.29) is 0 Å². The highest BCUT2D eigenvalue weighted by Gasteiger charge is 2.14. The fourth-order valence-electron chi connectivity index (χ4n) is 0.868. The lowest BCUT2D eigenvalue weighted by molar-refractivity contribution is -0.137. The number of carboxylic acids is 1. The van der Waals surface area contributed by atoms with E-state index < -0.39 is 12.0 Å². The Morgan fingerprint density at radius 2 is 2.23 bits per heavy atom. The second-order valence-electron chi connectivity index (χ2n) is 2.52. The summed E-state index contributed by atoms with van der Waals surface area (Å²) in [6, 6.07) is 1.05.